The molecule has 1 aromatic carbocycles. The maximum Gasteiger partial charge on any atom is 0.261 e. The number of fused-ring (bicyclic) bond motifs is 2. The number of pyridine rings is 1. The number of anilines is 2. The molecule has 11 nitrogen and oxygen atoms in total. The van der Waals surface area contributed by atoms with Crippen molar-refractivity contribution in [3.63, 3.8) is 0 Å². The quantitative estimate of drug-likeness (QED) is 0.284. The minimum absolute atomic E-state index is 0. The number of aryl methyl sites for hydroxylation is 1. The lowest BCUT2D eigenvalue weighted by Gasteiger charge is -2.28. The summed E-state index contributed by atoms with van der Waals surface area (Å²) >= 11 is 0. The van der Waals surface area contributed by atoms with Gasteiger partial charge in [-0.25, -0.2) is 19.3 Å². The van der Waals surface area contributed by atoms with Gasteiger partial charge in [0.2, 0.25) is 0 Å². The van der Waals surface area contributed by atoms with Gasteiger partial charge in [0.1, 0.15) is 28.5 Å². The van der Waals surface area contributed by atoms with E-state index in [9.17, 15) is 4.79 Å². The van der Waals surface area contributed by atoms with Crippen LogP contribution in [-0.2, 0) is 11.8 Å². The predicted molar refractivity (Wildman–Crippen MR) is 149 cm³/mol. The first-order chi connectivity index (χ1) is 18.5. The van der Waals surface area contributed by atoms with Crippen LogP contribution in [0.2, 0.25) is 0 Å². The standard InChI is InChI=1S/C26H28FN9O2.CH4/c1-35-13-18-22(34-35)23(30-19(14-38-2)24-28-7-6-8-29-24)20(26(37)32-18)25-31-17-12-15(11-16(27)21(17)33-25)36-9-4-3-5-10-36;/h6-8,11-13,19,30H,3-5,9-10,14H2,1-2H3,(H,31,33)(H,32,37);1H4/t19-;/m1./s1. The Labute approximate surface area is 224 Å². The van der Waals surface area contributed by atoms with Crippen LogP contribution in [0.15, 0.2) is 41.6 Å². The van der Waals surface area contributed by atoms with Gasteiger partial charge in [-0.3, -0.25) is 9.48 Å². The molecule has 1 saturated heterocycles. The Morgan fingerprint density at radius 2 is 1.87 bits per heavy atom. The molecular formula is C27H32FN9O2. The van der Waals surface area contributed by atoms with Crippen molar-refractivity contribution >= 4 is 33.4 Å². The van der Waals surface area contributed by atoms with Crippen LogP contribution in [0, 0.1) is 5.82 Å². The lowest BCUT2D eigenvalue weighted by Crippen LogP contribution is -2.29. The number of H-pyrrole nitrogens is 2. The third-order valence-electron chi connectivity index (χ3n) is 6.82. The normalized spacial score (nSPS) is 14.5. The molecule has 0 amide bonds. The van der Waals surface area contributed by atoms with Crippen molar-refractivity contribution in [3.05, 3.63) is 58.8 Å². The zero-order valence-corrected chi connectivity index (χ0v) is 21.2. The number of benzene rings is 1. The number of methoxy groups -OCH3 is 1. The van der Waals surface area contributed by atoms with Crippen LogP contribution >= 0.6 is 0 Å². The molecule has 0 unspecified atom stereocenters. The summed E-state index contributed by atoms with van der Waals surface area (Å²) in [5.74, 6) is 0.285. The number of nitrogens with zero attached hydrogens (tertiary/aromatic N) is 6. The van der Waals surface area contributed by atoms with Crippen LogP contribution in [0.1, 0.15) is 38.6 Å². The zero-order chi connectivity index (χ0) is 26.2. The van der Waals surface area contributed by atoms with Gasteiger partial charge < -0.3 is 24.9 Å². The van der Waals surface area contributed by atoms with E-state index >= 15 is 4.39 Å². The third kappa shape index (κ3) is 4.94. The van der Waals surface area contributed by atoms with Crippen LogP contribution in [0.4, 0.5) is 15.8 Å². The fraction of sp³-hybridized carbons (Fsp3) is 0.370. The van der Waals surface area contributed by atoms with Crippen LogP contribution in [-0.4, -0.2) is 61.5 Å². The summed E-state index contributed by atoms with van der Waals surface area (Å²) in [7, 11) is 3.35. The van der Waals surface area contributed by atoms with E-state index < -0.39 is 17.4 Å². The topological polar surface area (TPSA) is 130 Å². The van der Waals surface area contributed by atoms with Gasteiger partial charge in [-0.1, -0.05) is 7.43 Å². The highest BCUT2D eigenvalue weighted by atomic mass is 19.1. The van der Waals surface area contributed by atoms with Crippen molar-refractivity contribution in [2.24, 2.45) is 7.05 Å². The second-order valence-corrected chi connectivity index (χ2v) is 9.49. The summed E-state index contributed by atoms with van der Waals surface area (Å²) < 4.78 is 22.3. The van der Waals surface area contributed by atoms with E-state index in [1.807, 2.05) is 6.07 Å². The van der Waals surface area contributed by atoms with Gasteiger partial charge in [-0.15, -0.1) is 0 Å². The highest BCUT2D eigenvalue weighted by Gasteiger charge is 2.25. The van der Waals surface area contributed by atoms with Crippen molar-refractivity contribution in [1.82, 2.24) is 34.7 Å². The van der Waals surface area contributed by atoms with Crippen molar-refractivity contribution in [2.45, 2.75) is 32.7 Å². The minimum Gasteiger partial charge on any atom is -0.382 e. The summed E-state index contributed by atoms with van der Waals surface area (Å²) in [5, 5.41) is 7.95. The molecule has 0 saturated carbocycles. The highest BCUT2D eigenvalue weighted by molar-refractivity contribution is 5.97. The number of halogens is 1. The SMILES string of the molecule is C.COC[C@@H](Nc1c(-c2nc3c(F)cc(N4CCCCC4)cc3[nH]2)c(=O)[nH]c2cn(C)nc12)c1ncccn1. The van der Waals surface area contributed by atoms with E-state index in [1.165, 1.54) is 12.5 Å². The molecule has 0 bridgehead atoms. The molecule has 3 N–H and O–H groups in total. The van der Waals surface area contributed by atoms with E-state index in [1.54, 1.807) is 43.5 Å². The van der Waals surface area contributed by atoms with Crippen molar-refractivity contribution in [2.75, 3.05) is 37.0 Å². The molecule has 5 heterocycles. The Kier molecular flexibility index (Phi) is 7.29. The van der Waals surface area contributed by atoms with E-state index in [-0.39, 0.29) is 30.9 Å². The maximum absolute atomic E-state index is 15.3. The number of ether oxygens (including phenoxy) is 1. The van der Waals surface area contributed by atoms with Crippen molar-refractivity contribution in [3.8, 4) is 11.4 Å². The lowest BCUT2D eigenvalue weighted by atomic mass is 10.1. The molecule has 1 aliphatic heterocycles. The molecule has 1 atom stereocenters. The smallest absolute Gasteiger partial charge is 0.261 e. The second-order valence-electron chi connectivity index (χ2n) is 9.49. The monoisotopic (exact) mass is 533 g/mol. The molecule has 1 aliphatic rings. The summed E-state index contributed by atoms with van der Waals surface area (Å²) in [4.78, 5) is 35.0. The number of nitrogens with one attached hydrogen (secondary N) is 3. The van der Waals surface area contributed by atoms with Gasteiger partial charge in [0.05, 0.1) is 23.3 Å². The van der Waals surface area contributed by atoms with E-state index in [2.05, 4.69) is 40.2 Å². The van der Waals surface area contributed by atoms with Gasteiger partial charge in [0.15, 0.2) is 11.6 Å². The number of imidazole rings is 1. The van der Waals surface area contributed by atoms with Gasteiger partial charge in [-0.2, -0.15) is 5.10 Å². The lowest BCUT2D eigenvalue weighted by molar-refractivity contribution is 0.184. The summed E-state index contributed by atoms with van der Waals surface area (Å²) in [5.41, 5.74) is 2.81. The molecule has 0 radical (unpaired) electrons. The first kappa shape index (κ1) is 26.3. The summed E-state index contributed by atoms with van der Waals surface area (Å²) in [6, 6.07) is 4.65. The third-order valence-corrected chi connectivity index (χ3v) is 6.82. The zero-order valence-electron chi connectivity index (χ0n) is 21.2. The molecule has 204 valence electrons. The fourth-order valence-corrected chi connectivity index (χ4v) is 5.07. The average molecular weight is 534 g/mol. The van der Waals surface area contributed by atoms with Gasteiger partial charge >= 0.3 is 0 Å². The van der Waals surface area contributed by atoms with E-state index in [4.69, 9.17) is 4.74 Å². The fourth-order valence-electron chi connectivity index (χ4n) is 5.07. The molecule has 0 aliphatic carbocycles. The molecule has 4 aromatic heterocycles. The van der Waals surface area contributed by atoms with Gasteiger partial charge in [-0.05, 0) is 37.5 Å². The Morgan fingerprint density at radius 1 is 1.10 bits per heavy atom. The number of hydrogen-bond donors (Lipinski definition) is 3. The predicted octanol–water partition coefficient (Wildman–Crippen LogP) is 4.16. The first-order valence-corrected chi connectivity index (χ1v) is 12.6. The Morgan fingerprint density at radius 3 is 2.62 bits per heavy atom. The Bertz CT molecular complexity index is 1660. The second kappa shape index (κ2) is 10.8. The molecule has 12 heteroatoms. The van der Waals surface area contributed by atoms with E-state index in [0.717, 1.165) is 31.6 Å². The van der Waals surface area contributed by atoms with Gasteiger partial charge in [0, 0.05) is 51.5 Å². The molecule has 5 aromatic rings. The molecule has 0 spiro atoms. The van der Waals surface area contributed by atoms with E-state index in [0.29, 0.717) is 28.1 Å². The maximum atomic E-state index is 15.3. The van der Waals surface area contributed by atoms with Crippen molar-refractivity contribution in [1.29, 1.82) is 0 Å². The number of piperidine rings is 1. The van der Waals surface area contributed by atoms with Crippen LogP contribution in [0.3, 0.4) is 0 Å². The summed E-state index contributed by atoms with van der Waals surface area (Å²) in [6.07, 6.45) is 8.35. The first-order valence-electron chi connectivity index (χ1n) is 12.6. The number of hydrogen-bond acceptors (Lipinski definition) is 8. The molecule has 6 rings (SSSR count). The van der Waals surface area contributed by atoms with Crippen LogP contribution in [0.5, 0.6) is 0 Å². The number of aromatic amines is 2. The Balaban J connectivity index is 0.00000308. The number of rotatable bonds is 7. The highest BCUT2D eigenvalue weighted by Crippen LogP contribution is 2.34. The van der Waals surface area contributed by atoms with Crippen LogP contribution in [0.25, 0.3) is 33.5 Å². The van der Waals surface area contributed by atoms with Crippen molar-refractivity contribution < 1.29 is 9.13 Å². The molecular weight excluding hydrogens is 501 g/mol. The number of aromatic nitrogens is 7. The summed E-state index contributed by atoms with van der Waals surface area (Å²) in [6.45, 7) is 2.01. The average Bonchev–Trinajstić information content (AvgIpc) is 3.52. The Hall–Kier alpha value is -4.32. The van der Waals surface area contributed by atoms with Gasteiger partial charge in [0.25, 0.3) is 5.56 Å². The minimum atomic E-state index is -0.487. The van der Waals surface area contributed by atoms with Crippen LogP contribution < -0.4 is 15.8 Å². The largest absolute Gasteiger partial charge is 0.382 e. The molecule has 1 fully saturated rings. The molecule has 39 heavy (non-hydrogen) atoms.